The Balaban J connectivity index is 1.55. The van der Waals surface area contributed by atoms with E-state index in [1.165, 1.54) is 0 Å². The van der Waals surface area contributed by atoms with Crippen LogP contribution in [-0.2, 0) is 11.3 Å². The number of benzene rings is 1. The molecule has 1 amide bonds. The molecule has 0 aliphatic rings. The maximum atomic E-state index is 11.9. The van der Waals surface area contributed by atoms with Crippen molar-refractivity contribution in [3.8, 4) is 5.75 Å². The highest BCUT2D eigenvalue weighted by Crippen LogP contribution is 2.27. The fourth-order valence-electron chi connectivity index (χ4n) is 2.07. The number of fused-ring (bicyclic) bond motifs is 1. The number of amides is 1. The molecule has 0 radical (unpaired) electrons. The van der Waals surface area contributed by atoms with Crippen LogP contribution in [-0.4, -0.2) is 21.9 Å². The second-order valence-corrected chi connectivity index (χ2v) is 6.74. The van der Waals surface area contributed by atoms with E-state index in [0.717, 1.165) is 15.8 Å². The lowest BCUT2D eigenvalue weighted by atomic mass is 10.3. The van der Waals surface area contributed by atoms with Gasteiger partial charge in [0.2, 0.25) is 0 Å². The van der Waals surface area contributed by atoms with Gasteiger partial charge in [0.05, 0.1) is 17.3 Å². The summed E-state index contributed by atoms with van der Waals surface area (Å²) < 4.78 is 8.22. The lowest BCUT2D eigenvalue weighted by molar-refractivity contribution is -0.123. The third-order valence-electron chi connectivity index (χ3n) is 3.18. The van der Waals surface area contributed by atoms with E-state index in [1.54, 1.807) is 18.2 Å². The first-order valence-corrected chi connectivity index (χ1v) is 8.54. The molecule has 0 saturated heterocycles. The van der Waals surface area contributed by atoms with Crippen LogP contribution in [0.2, 0.25) is 10.0 Å². The van der Waals surface area contributed by atoms with Gasteiger partial charge in [-0.15, -0.1) is 0 Å². The zero-order valence-corrected chi connectivity index (χ0v) is 15.4. The number of pyridine rings is 1. The molecule has 124 valence electrons. The summed E-state index contributed by atoms with van der Waals surface area (Å²) in [5.74, 6) is 0.0983. The number of aromatic nitrogens is 2. The van der Waals surface area contributed by atoms with Gasteiger partial charge >= 0.3 is 0 Å². The van der Waals surface area contributed by atoms with Crippen molar-refractivity contribution in [1.82, 2.24) is 14.7 Å². The Bertz CT molecular complexity index is 898. The molecule has 5 nitrogen and oxygen atoms in total. The fourth-order valence-corrected chi connectivity index (χ4v) is 2.76. The molecule has 0 aliphatic heterocycles. The first kappa shape index (κ1) is 17.1. The molecule has 1 aromatic carbocycles. The van der Waals surface area contributed by atoms with E-state index in [9.17, 15) is 4.79 Å². The van der Waals surface area contributed by atoms with Crippen molar-refractivity contribution in [2.24, 2.45) is 0 Å². The zero-order valence-electron chi connectivity index (χ0n) is 12.3. The molecular weight excluding hydrogens is 417 g/mol. The number of halogens is 3. The molecular formula is C16H12BrCl2N3O2. The van der Waals surface area contributed by atoms with E-state index in [1.807, 2.05) is 28.9 Å². The second-order valence-electron chi connectivity index (χ2n) is 4.99. The van der Waals surface area contributed by atoms with E-state index in [0.29, 0.717) is 22.3 Å². The number of carbonyl (C=O) groups excluding carboxylic acids is 1. The molecule has 0 spiro atoms. The van der Waals surface area contributed by atoms with Crippen LogP contribution < -0.4 is 10.1 Å². The van der Waals surface area contributed by atoms with Crippen LogP contribution in [0.25, 0.3) is 5.65 Å². The number of hydrogen-bond acceptors (Lipinski definition) is 3. The molecule has 2 aromatic heterocycles. The van der Waals surface area contributed by atoms with Crippen LogP contribution in [0, 0.1) is 0 Å². The van der Waals surface area contributed by atoms with Gasteiger partial charge in [-0.25, -0.2) is 4.98 Å². The Morgan fingerprint density at radius 2 is 2.08 bits per heavy atom. The normalized spacial score (nSPS) is 10.8. The van der Waals surface area contributed by atoms with Crippen molar-refractivity contribution in [2.75, 3.05) is 6.61 Å². The Hall–Kier alpha value is -1.76. The summed E-state index contributed by atoms with van der Waals surface area (Å²) in [7, 11) is 0. The first-order chi connectivity index (χ1) is 11.5. The molecule has 3 rings (SSSR count). The number of ether oxygens (including phenoxy) is 1. The van der Waals surface area contributed by atoms with Crippen LogP contribution in [0.4, 0.5) is 0 Å². The molecule has 0 atom stereocenters. The van der Waals surface area contributed by atoms with Crippen molar-refractivity contribution < 1.29 is 9.53 Å². The molecule has 0 unspecified atom stereocenters. The Morgan fingerprint density at radius 1 is 1.25 bits per heavy atom. The summed E-state index contributed by atoms with van der Waals surface area (Å²) in [5.41, 5.74) is 1.56. The highest BCUT2D eigenvalue weighted by Gasteiger charge is 2.08. The topological polar surface area (TPSA) is 55.6 Å². The average molecular weight is 429 g/mol. The Kier molecular flexibility index (Phi) is 5.28. The summed E-state index contributed by atoms with van der Waals surface area (Å²) in [4.78, 5) is 16.3. The maximum absolute atomic E-state index is 11.9. The number of hydrogen-bond donors (Lipinski definition) is 1. The summed E-state index contributed by atoms with van der Waals surface area (Å²) in [6.45, 7) is 0.157. The van der Waals surface area contributed by atoms with Gasteiger partial charge in [-0.05, 0) is 40.2 Å². The van der Waals surface area contributed by atoms with Crippen molar-refractivity contribution >= 4 is 50.7 Å². The highest BCUT2D eigenvalue weighted by atomic mass is 79.9. The molecule has 8 heteroatoms. The minimum atomic E-state index is -0.274. The number of nitrogens with zero attached hydrogens (tertiary/aromatic N) is 2. The fraction of sp³-hybridized carbons (Fsp3) is 0.125. The van der Waals surface area contributed by atoms with Gasteiger partial charge in [0.15, 0.2) is 6.61 Å². The van der Waals surface area contributed by atoms with Gasteiger partial charge in [-0.1, -0.05) is 23.2 Å². The van der Waals surface area contributed by atoms with E-state index >= 15 is 0 Å². The van der Waals surface area contributed by atoms with Gasteiger partial charge in [0.25, 0.3) is 5.91 Å². The van der Waals surface area contributed by atoms with Crippen molar-refractivity contribution in [2.45, 2.75) is 6.54 Å². The standard InChI is InChI=1S/C16H12BrCl2N3O2/c17-10-1-4-15-21-12(8-22(15)7-10)6-20-16(23)9-24-14-5-11(18)2-3-13(14)19/h1-5,7-8H,6,9H2,(H,20,23). The van der Waals surface area contributed by atoms with Crippen LogP contribution in [0.5, 0.6) is 5.75 Å². The number of nitrogens with one attached hydrogen (secondary N) is 1. The van der Waals surface area contributed by atoms with Crippen molar-refractivity contribution in [3.05, 3.63) is 62.9 Å². The second kappa shape index (κ2) is 7.42. The monoisotopic (exact) mass is 427 g/mol. The third-order valence-corrected chi connectivity index (χ3v) is 4.20. The summed E-state index contributed by atoms with van der Waals surface area (Å²) in [6, 6.07) is 8.63. The lowest BCUT2D eigenvalue weighted by Gasteiger charge is -2.08. The summed E-state index contributed by atoms with van der Waals surface area (Å²) in [6.07, 6.45) is 3.76. The average Bonchev–Trinajstić information content (AvgIpc) is 2.95. The van der Waals surface area contributed by atoms with Gasteiger partial charge in [0.1, 0.15) is 11.4 Å². The Morgan fingerprint density at radius 3 is 2.92 bits per heavy atom. The molecule has 24 heavy (non-hydrogen) atoms. The first-order valence-electron chi connectivity index (χ1n) is 6.99. The number of carbonyl (C=O) groups is 1. The van der Waals surface area contributed by atoms with Crippen LogP contribution >= 0.6 is 39.1 Å². The number of rotatable bonds is 5. The predicted molar refractivity (Wildman–Crippen MR) is 96.7 cm³/mol. The molecule has 0 saturated carbocycles. The van der Waals surface area contributed by atoms with Crippen molar-refractivity contribution in [3.63, 3.8) is 0 Å². The minimum absolute atomic E-state index is 0.154. The maximum Gasteiger partial charge on any atom is 0.258 e. The Labute approximate surface area is 156 Å². The largest absolute Gasteiger partial charge is 0.482 e. The van der Waals surface area contributed by atoms with Gasteiger partial charge in [-0.3, -0.25) is 4.79 Å². The van der Waals surface area contributed by atoms with E-state index < -0.39 is 0 Å². The van der Waals surface area contributed by atoms with Crippen LogP contribution in [0.1, 0.15) is 5.69 Å². The van der Waals surface area contributed by atoms with Crippen LogP contribution in [0.15, 0.2) is 47.2 Å². The summed E-state index contributed by atoms with van der Waals surface area (Å²) in [5, 5.41) is 3.64. The molecule has 0 fully saturated rings. The third kappa shape index (κ3) is 4.20. The quantitative estimate of drug-likeness (QED) is 0.665. The van der Waals surface area contributed by atoms with Crippen LogP contribution in [0.3, 0.4) is 0 Å². The van der Waals surface area contributed by atoms with Gasteiger partial charge in [-0.2, -0.15) is 0 Å². The zero-order chi connectivity index (χ0) is 17.1. The highest BCUT2D eigenvalue weighted by molar-refractivity contribution is 9.10. The smallest absolute Gasteiger partial charge is 0.258 e. The molecule has 3 aromatic rings. The lowest BCUT2D eigenvalue weighted by Crippen LogP contribution is -2.28. The van der Waals surface area contributed by atoms with E-state index in [2.05, 4.69) is 26.2 Å². The molecule has 0 aliphatic carbocycles. The van der Waals surface area contributed by atoms with Gasteiger partial charge < -0.3 is 14.5 Å². The minimum Gasteiger partial charge on any atom is -0.482 e. The van der Waals surface area contributed by atoms with Gasteiger partial charge in [0, 0.05) is 28.0 Å². The molecule has 1 N–H and O–H groups in total. The number of imidazole rings is 1. The summed E-state index contributed by atoms with van der Waals surface area (Å²) >= 11 is 15.3. The van der Waals surface area contributed by atoms with E-state index in [4.69, 9.17) is 27.9 Å². The molecule has 0 bridgehead atoms. The van der Waals surface area contributed by atoms with Crippen molar-refractivity contribution in [1.29, 1.82) is 0 Å². The van der Waals surface area contributed by atoms with E-state index in [-0.39, 0.29) is 12.5 Å². The molecule has 2 heterocycles. The predicted octanol–water partition coefficient (Wildman–Crippen LogP) is 4.10. The SMILES string of the molecule is O=C(COc1cc(Cl)ccc1Cl)NCc1cn2cc(Br)ccc2n1.